The number of benzene rings is 1. The molecule has 1 heterocycles. The van der Waals surface area contributed by atoms with Gasteiger partial charge in [-0.05, 0) is 30.2 Å². The first kappa shape index (κ1) is 19.9. The van der Waals surface area contributed by atoms with Crippen LogP contribution >= 0.6 is 40.7 Å². The first-order valence-electron chi connectivity index (χ1n) is 6.23. The molecule has 6 heteroatoms. The lowest BCUT2D eigenvalue weighted by Crippen LogP contribution is -2.45. The third-order valence-electron chi connectivity index (χ3n) is 3.30. The van der Waals surface area contributed by atoms with Gasteiger partial charge in [-0.25, -0.2) is 4.39 Å². The first-order valence-corrected chi connectivity index (χ1v) is 7.02. The lowest BCUT2D eigenvalue weighted by Gasteiger charge is -2.35. The lowest BCUT2D eigenvalue weighted by atomic mass is 10.0. The average Bonchev–Trinajstić information content (AvgIpc) is 2.40. The second-order valence-electron chi connectivity index (χ2n) is 4.49. The van der Waals surface area contributed by atoms with Gasteiger partial charge in [-0.1, -0.05) is 22.0 Å². The zero-order valence-electron chi connectivity index (χ0n) is 11.1. The summed E-state index contributed by atoms with van der Waals surface area (Å²) in [6.45, 7) is 7.77. The topological polar surface area (TPSA) is 15.3 Å². The Kier molecular flexibility index (Phi) is 9.68. The van der Waals surface area contributed by atoms with Crippen molar-refractivity contribution >= 4 is 40.7 Å². The molecule has 1 aliphatic heterocycles. The van der Waals surface area contributed by atoms with Gasteiger partial charge in [0.25, 0.3) is 0 Å². The molecule has 1 aliphatic rings. The van der Waals surface area contributed by atoms with Crippen LogP contribution in [0.5, 0.6) is 0 Å². The summed E-state index contributed by atoms with van der Waals surface area (Å²) in [5, 5.41) is 3.34. The molecule has 0 bridgehead atoms. The molecule has 0 radical (unpaired) electrons. The largest absolute Gasteiger partial charge is 0.314 e. The predicted octanol–water partition coefficient (Wildman–Crippen LogP) is 3.95. The molecule has 0 amide bonds. The van der Waals surface area contributed by atoms with Gasteiger partial charge in [0.2, 0.25) is 0 Å². The molecule has 1 atom stereocenters. The normalized spacial score (nSPS) is 16.7. The summed E-state index contributed by atoms with van der Waals surface area (Å²) in [5.74, 6) is -0.183. The Morgan fingerprint density at radius 2 is 2.00 bits per heavy atom. The zero-order valence-corrected chi connectivity index (χ0v) is 14.4. The molecular formula is C14H20BrCl2FN2. The molecule has 1 aromatic carbocycles. The molecule has 2 rings (SSSR count). The van der Waals surface area contributed by atoms with Crippen LogP contribution in [0.3, 0.4) is 0 Å². The van der Waals surface area contributed by atoms with Crippen LogP contribution < -0.4 is 5.32 Å². The van der Waals surface area contributed by atoms with Gasteiger partial charge in [0.1, 0.15) is 5.82 Å². The summed E-state index contributed by atoms with van der Waals surface area (Å²) >= 11 is 3.52. The molecule has 0 aliphatic carbocycles. The average molecular weight is 386 g/mol. The molecule has 0 unspecified atom stereocenters. The van der Waals surface area contributed by atoms with Gasteiger partial charge in [-0.2, -0.15) is 0 Å². The first-order chi connectivity index (χ1) is 8.72. The van der Waals surface area contributed by atoms with Crippen LogP contribution in [0, 0.1) is 5.82 Å². The molecule has 20 heavy (non-hydrogen) atoms. The number of piperazine rings is 1. The van der Waals surface area contributed by atoms with E-state index in [0.717, 1.165) is 42.6 Å². The minimum absolute atomic E-state index is 0. The van der Waals surface area contributed by atoms with Gasteiger partial charge >= 0.3 is 0 Å². The molecule has 1 aromatic rings. The molecule has 1 saturated heterocycles. The molecule has 1 N–H and O–H groups in total. The van der Waals surface area contributed by atoms with Crippen LogP contribution in [0.2, 0.25) is 0 Å². The minimum atomic E-state index is -0.183. The van der Waals surface area contributed by atoms with Crippen molar-refractivity contribution < 1.29 is 4.39 Å². The summed E-state index contributed by atoms with van der Waals surface area (Å²) < 4.78 is 14.4. The van der Waals surface area contributed by atoms with Crippen LogP contribution in [-0.4, -0.2) is 31.1 Å². The van der Waals surface area contributed by atoms with E-state index in [1.54, 1.807) is 12.1 Å². The standard InChI is InChI=1S/C14H18BrFN2.2ClH/c1-2-3-14(18-8-6-17-7-9-18)12-10-11(16)4-5-13(12)15;;/h2,4-5,10,14,17H,1,3,6-9H2;2*1H/t14-;;/m1../s1. The van der Waals surface area contributed by atoms with E-state index in [2.05, 4.69) is 32.7 Å². The maximum absolute atomic E-state index is 13.4. The van der Waals surface area contributed by atoms with Gasteiger partial charge in [-0.15, -0.1) is 31.4 Å². The van der Waals surface area contributed by atoms with Crippen LogP contribution in [0.25, 0.3) is 0 Å². The van der Waals surface area contributed by atoms with E-state index in [9.17, 15) is 4.39 Å². The molecule has 1 fully saturated rings. The van der Waals surface area contributed by atoms with Crippen LogP contribution in [-0.2, 0) is 0 Å². The minimum Gasteiger partial charge on any atom is -0.314 e. The Hall–Kier alpha value is -0.130. The Bertz CT molecular complexity index is 426. The van der Waals surface area contributed by atoms with E-state index in [1.807, 2.05) is 6.08 Å². The van der Waals surface area contributed by atoms with E-state index < -0.39 is 0 Å². The van der Waals surface area contributed by atoms with Crippen molar-refractivity contribution in [2.75, 3.05) is 26.2 Å². The fraction of sp³-hybridized carbons (Fsp3) is 0.429. The Labute approximate surface area is 140 Å². The number of nitrogens with one attached hydrogen (secondary N) is 1. The van der Waals surface area contributed by atoms with E-state index in [1.165, 1.54) is 6.07 Å². The highest BCUT2D eigenvalue weighted by Gasteiger charge is 2.23. The highest BCUT2D eigenvalue weighted by Crippen LogP contribution is 2.31. The van der Waals surface area contributed by atoms with Crippen molar-refractivity contribution in [2.45, 2.75) is 12.5 Å². The zero-order chi connectivity index (χ0) is 13.0. The van der Waals surface area contributed by atoms with Gasteiger partial charge < -0.3 is 5.32 Å². The number of nitrogens with zero attached hydrogens (tertiary/aromatic N) is 1. The summed E-state index contributed by atoms with van der Waals surface area (Å²) in [5.41, 5.74) is 1.01. The van der Waals surface area contributed by atoms with Crippen molar-refractivity contribution in [3.05, 3.63) is 46.7 Å². The monoisotopic (exact) mass is 384 g/mol. The lowest BCUT2D eigenvalue weighted by molar-refractivity contribution is 0.174. The predicted molar refractivity (Wildman–Crippen MR) is 90.6 cm³/mol. The van der Waals surface area contributed by atoms with Gasteiger partial charge in [0, 0.05) is 36.7 Å². The quantitative estimate of drug-likeness (QED) is 0.789. The van der Waals surface area contributed by atoms with Crippen LogP contribution in [0.15, 0.2) is 35.3 Å². The van der Waals surface area contributed by atoms with Crippen molar-refractivity contribution in [3.63, 3.8) is 0 Å². The van der Waals surface area contributed by atoms with Gasteiger partial charge in [-0.3, -0.25) is 4.90 Å². The number of hydrogen-bond acceptors (Lipinski definition) is 2. The maximum atomic E-state index is 13.4. The van der Waals surface area contributed by atoms with Crippen molar-refractivity contribution in [1.82, 2.24) is 10.2 Å². The highest BCUT2D eigenvalue weighted by atomic mass is 79.9. The summed E-state index contributed by atoms with van der Waals surface area (Å²) in [6, 6.07) is 5.09. The summed E-state index contributed by atoms with van der Waals surface area (Å²) in [6.07, 6.45) is 2.74. The number of hydrogen-bond donors (Lipinski definition) is 1. The molecule has 114 valence electrons. The molecule has 0 saturated carbocycles. The van der Waals surface area contributed by atoms with Crippen molar-refractivity contribution in [3.8, 4) is 0 Å². The van der Waals surface area contributed by atoms with Gasteiger partial charge in [0.15, 0.2) is 0 Å². The van der Waals surface area contributed by atoms with E-state index in [0.29, 0.717) is 0 Å². The number of halogens is 4. The van der Waals surface area contributed by atoms with Crippen LogP contribution in [0.1, 0.15) is 18.0 Å². The molecule has 0 aromatic heterocycles. The third-order valence-corrected chi connectivity index (χ3v) is 4.02. The Balaban J connectivity index is 0.00000180. The second-order valence-corrected chi connectivity index (χ2v) is 5.35. The summed E-state index contributed by atoms with van der Waals surface area (Å²) in [4.78, 5) is 2.39. The van der Waals surface area contributed by atoms with Crippen molar-refractivity contribution in [1.29, 1.82) is 0 Å². The van der Waals surface area contributed by atoms with Crippen LogP contribution in [0.4, 0.5) is 4.39 Å². The van der Waals surface area contributed by atoms with E-state index >= 15 is 0 Å². The fourth-order valence-electron chi connectivity index (χ4n) is 2.39. The maximum Gasteiger partial charge on any atom is 0.123 e. The molecule has 0 spiro atoms. The fourth-order valence-corrected chi connectivity index (χ4v) is 2.91. The second kappa shape index (κ2) is 9.74. The van der Waals surface area contributed by atoms with Crippen molar-refractivity contribution in [2.24, 2.45) is 0 Å². The van der Waals surface area contributed by atoms with E-state index in [4.69, 9.17) is 0 Å². The third kappa shape index (κ3) is 5.01. The number of rotatable bonds is 4. The SMILES string of the molecule is C=CC[C@H](c1cc(F)ccc1Br)N1CCNCC1.Cl.Cl. The Morgan fingerprint density at radius 3 is 2.60 bits per heavy atom. The molecule has 2 nitrogen and oxygen atoms in total. The van der Waals surface area contributed by atoms with Gasteiger partial charge in [0.05, 0.1) is 0 Å². The summed E-state index contributed by atoms with van der Waals surface area (Å²) in [7, 11) is 0. The highest BCUT2D eigenvalue weighted by molar-refractivity contribution is 9.10. The van der Waals surface area contributed by atoms with E-state index in [-0.39, 0.29) is 36.7 Å². The Morgan fingerprint density at radius 1 is 1.35 bits per heavy atom. The smallest absolute Gasteiger partial charge is 0.123 e. The molecular weight excluding hydrogens is 366 g/mol.